The largest absolute Gasteiger partial charge is 0.397 e. The number of hydrogen-bond donors (Lipinski definition) is 3. The van der Waals surface area contributed by atoms with Crippen molar-refractivity contribution in [1.82, 2.24) is 4.98 Å². The second-order valence-electron chi connectivity index (χ2n) is 3.76. The molecule has 6 nitrogen and oxygen atoms in total. The highest BCUT2D eigenvalue weighted by atomic mass is 32.2. The Morgan fingerprint density at radius 3 is 2.90 bits per heavy atom. The summed E-state index contributed by atoms with van der Waals surface area (Å²) in [5.41, 5.74) is 11.8. The smallest absolute Gasteiger partial charge is 0.251 e. The molecule has 2 amide bonds. The zero-order valence-electron chi connectivity index (χ0n) is 10.3. The van der Waals surface area contributed by atoms with Crippen LogP contribution >= 0.6 is 23.1 Å². The Morgan fingerprint density at radius 1 is 1.40 bits per heavy atom. The molecule has 5 N–H and O–H groups in total. The van der Waals surface area contributed by atoms with E-state index in [1.165, 1.54) is 23.1 Å². The van der Waals surface area contributed by atoms with Gasteiger partial charge in [0.1, 0.15) is 10.0 Å². The lowest BCUT2D eigenvalue weighted by Crippen LogP contribution is -2.17. The Bertz CT molecular complexity index is 642. The third kappa shape index (κ3) is 3.49. The van der Waals surface area contributed by atoms with Crippen LogP contribution in [0.25, 0.3) is 0 Å². The zero-order chi connectivity index (χ0) is 14.5. The van der Waals surface area contributed by atoms with E-state index in [1.54, 1.807) is 29.8 Å². The van der Waals surface area contributed by atoms with Crippen molar-refractivity contribution >= 4 is 45.6 Å². The van der Waals surface area contributed by atoms with E-state index in [2.05, 4.69) is 10.3 Å². The van der Waals surface area contributed by atoms with E-state index >= 15 is 0 Å². The predicted molar refractivity (Wildman–Crippen MR) is 80.8 cm³/mol. The summed E-state index contributed by atoms with van der Waals surface area (Å²) in [6.45, 7) is 0. The van der Waals surface area contributed by atoms with Gasteiger partial charge in [0.2, 0.25) is 5.91 Å². The minimum Gasteiger partial charge on any atom is -0.397 e. The lowest BCUT2D eigenvalue weighted by Gasteiger charge is -2.05. The maximum atomic E-state index is 11.8. The highest BCUT2D eigenvalue weighted by Crippen LogP contribution is 2.24. The Kier molecular flexibility index (Phi) is 4.59. The Labute approximate surface area is 123 Å². The molecule has 0 atom stereocenters. The van der Waals surface area contributed by atoms with Crippen LogP contribution in [0.1, 0.15) is 10.4 Å². The molecule has 0 fully saturated rings. The summed E-state index contributed by atoms with van der Waals surface area (Å²) in [5, 5.41) is 5.40. The lowest BCUT2D eigenvalue weighted by molar-refractivity contribution is -0.113. The number of hydrogen-bond acceptors (Lipinski definition) is 6. The maximum Gasteiger partial charge on any atom is 0.251 e. The van der Waals surface area contributed by atoms with Gasteiger partial charge in [-0.25, -0.2) is 4.98 Å². The maximum absolute atomic E-state index is 11.8. The number of thioether (sulfide) groups is 1. The standard InChI is InChI=1S/C12H12N4O2S2/c13-8-2-1-4-15-12(8)20-6-9(17)16-11-7(10(14)18)3-5-19-11/h1-5H,6,13H2,(H2,14,18)(H,16,17). The van der Waals surface area contributed by atoms with Gasteiger partial charge >= 0.3 is 0 Å². The third-order valence-corrected chi connectivity index (χ3v) is 4.18. The second-order valence-corrected chi connectivity index (χ2v) is 5.64. The average molecular weight is 308 g/mol. The number of pyridine rings is 1. The van der Waals surface area contributed by atoms with Crippen molar-refractivity contribution in [1.29, 1.82) is 0 Å². The molecule has 2 heterocycles. The van der Waals surface area contributed by atoms with Crippen LogP contribution in [0.15, 0.2) is 34.8 Å². The number of thiophene rings is 1. The lowest BCUT2D eigenvalue weighted by atomic mass is 10.3. The van der Waals surface area contributed by atoms with Crippen LogP contribution in [0.2, 0.25) is 0 Å². The number of carbonyl (C=O) groups is 2. The van der Waals surface area contributed by atoms with Gasteiger partial charge in [-0.05, 0) is 23.6 Å². The fourth-order valence-corrected chi connectivity index (χ4v) is 2.94. The number of primary amides is 1. The van der Waals surface area contributed by atoms with E-state index in [-0.39, 0.29) is 11.7 Å². The summed E-state index contributed by atoms with van der Waals surface area (Å²) in [5.74, 6) is -0.662. The van der Waals surface area contributed by atoms with Crippen molar-refractivity contribution in [3.05, 3.63) is 35.3 Å². The number of amides is 2. The molecular formula is C12H12N4O2S2. The highest BCUT2D eigenvalue weighted by molar-refractivity contribution is 8.00. The Morgan fingerprint density at radius 2 is 2.20 bits per heavy atom. The number of anilines is 2. The highest BCUT2D eigenvalue weighted by Gasteiger charge is 2.13. The number of rotatable bonds is 5. The molecule has 0 spiro atoms. The molecule has 2 rings (SSSR count). The van der Waals surface area contributed by atoms with Gasteiger partial charge in [-0.2, -0.15) is 0 Å². The predicted octanol–water partition coefficient (Wildman–Crippen LogP) is 1.55. The number of nitrogen functional groups attached to an aromatic ring is 1. The van der Waals surface area contributed by atoms with E-state index < -0.39 is 5.91 Å². The molecule has 0 radical (unpaired) electrons. The van der Waals surface area contributed by atoms with Gasteiger partial charge in [-0.1, -0.05) is 11.8 Å². The molecule has 0 bridgehead atoms. The fraction of sp³-hybridized carbons (Fsp3) is 0.0833. The van der Waals surface area contributed by atoms with Gasteiger partial charge in [0.15, 0.2) is 0 Å². The molecule has 0 aliphatic rings. The van der Waals surface area contributed by atoms with Crippen molar-refractivity contribution in [3.63, 3.8) is 0 Å². The first-order chi connectivity index (χ1) is 9.58. The number of nitrogens with two attached hydrogens (primary N) is 2. The first-order valence-corrected chi connectivity index (χ1v) is 7.45. The fourth-order valence-electron chi connectivity index (χ4n) is 1.42. The molecule has 0 saturated heterocycles. The van der Waals surface area contributed by atoms with Crippen LogP contribution in [0, 0.1) is 0 Å². The molecular weight excluding hydrogens is 296 g/mol. The van der Waals surface area contributed by atoms with Crippen LogP contribution in [0.3, 0.4) is 0 Å². The number of aromatic nitrogens is 1. The van der Waals surface area contributed by atoms with Crippen LogP contribution in [0.4, 0.5) is 10.7 Å². The first kappa shape index (κ1) is 14.4. The van der Waals surface area contributed by atoms with Crippen LogP contribution in [0.5, 0.6) is 0 Å². The third-order valence-electron chi connectivity index (χ3n) is 2.32. The van der Waals surface area contributed by atoms with Crippen LogP contribution < -0.4 is 16.8 Å². The van der Waals surface area contributed by atoms with Gasteiger partial charge in [-0.15, -0.1) is 11.3 Å². The molecule has 0 aliphatic heterocycles. The van der Waals surface area contributed by atoms with Gasteiger partial charge in [-0.3, -0.25) is 9.59 Å². The van der Waals surface area contributed by atoms with Crippen molar-refractivity contribution < 1.29 is 9.59 Å². The summed E-state index contributed by atoms with van der Waals surface area (Å²) < 4.78 is 0. The molecule has 20 heavy (non-hydrogen) atoms. The Hall–Kier alpha value is -2.06. The molecule has 2 aromatic heterocycles. The average Bonchev–Trinajstić information content (AvgIpc) is 2.86. The van der Waals surface area contributed by atoms with E-state index in [1.807, 2.05) is 0 Å². The topological polar surface area (TPSA) is 111 Å². The van der Waals surface area contributed by atoms with Crippen molar-refractivity contribution in [2.24, 2.45) is 5.73 Å². The van der Waals surface area contributed by atoms with E-state index in [0.29, 0.717) is 21.3 Å². The minimum atomic E-state index is -0.567. The van der Waals surface area contributed by atoms with Crippen molar-refractivity contribution in [2.75, 3.05) is 16.8 Å². The molecule has 8 heteroatoms. The molecule has 2 aromatic rings. The van der Waals surface area contributed by atoms with E-state index in [0.717, 1.165) is 0 Å². The van der Waals surface area contributed by atoms with Crippen LogP contribution in [-0.4, -0.2) is 22.6 Å². The summed E-state index contributed by atoms with van der Waals surface area (Å²) in [7, 11) is 0. The summed E-state index contributed by atoms with van der Waals surface area (Å²) >= 11 is 2.48. The zero-order valence-corrected chi connectivity index (χ0v) is 12.0. The first-order valence-electron chi connectivity index (χ1n) is 5.58. The number of nitrogens with zero attached hydrogens (tertiary/aromatic N) is 1. The van der Waals surface area contributed by atoms with Gasteiger partial charge in [0, 0.05) is 6.20 Å². The Balaban J connectivity index is 1.95. The van der Waals surface area contributed by atoms with Crippen LogP contribution in [-0.2, 0) is 4.79 Å². The molecule has 0 saturated carbocycles. The van der Waals surface area contributed by atoms with Gasteiger partial charge < -0.3 is 16.8 Å². The number of nitrogens with one attached hydrogen (secondary N) is 1. The molecule has 0 aromatic carbocycles. The summed E-state index contributed by atoms with van der Waals surface area (Å²) in [6.07, 6.45) is 1.61. The van der Waals surface area contributed by atoms with E-state index in [9.17, 15) is 9.59 Å². The van der Waals surface area contributed by atoms with Crippen molar-refractivity contribution in [2.45, 2.75) is 5.03 Å². The summed E-state index contributed by atoms with van der Waals surface area (Å²) in [6, 6.07) is 5.02. The van der Waals surface area contributed by atoms with Gasteiger partial charge in [0.25, 0.3) is 5.91 Å². The number of carbonyl (C=O) groups excluding carboxylic acids is 2. The molecule has 0 aliphatic carbocycles. The molecule has 0 unspecified atom stereocenters. The van der Waals surface area contributed by atoms with Crippen molar-refractivity contribution in [3.8, 4) is 0 Å². The quantitative estimate of drug-likeness (QED) is 0.726. The monoisotopic (exact) mass is 308 g/mol. The molecule has 104 valence electrons. The second kappa shape index (κ2) is 6.40. The van der Waals surface area contributed by atoms with Gasteiger partial charge in [0.05, 0.1) is 17.0 Å². The minimum absolute atomic E-state index is 0.150. The SMILES string of the molecule is NC(=O)c1ccsc1NC(=O)CSc1ncccc1N. The summed E-state index contributed by atoms with van der Waals surface area (Å²) in [4.78, 5) is 27.0. The van der Waals surface area contributed by atoms with E-state index in [4.69, 9.17) is 11.5 Å². The normalized spacial score (nSPS) is 10.2.